The highest BCUT2D eigenvalue weighted by atomic mass is 35.5. The SMILES string of the molecule is CC(C)(Cl)CCN(C(=O)OC(C)(C)C)S(=O)(=O)NC(C)(C)C. The van der Waals surface area contributed by atoms with Crippen molar-refractivity contribution in [2.24, 2.45) is 0 Å². The number of rotatable bonds is 5. The number of nitrogens with one attached hydrogen (secondary N) is 1. The molecule has 0 atom stereocenters. The molecule has 0 aromatic rings. The predicted octanol–water partition coefficient (Wildman–Crippen LogP) is 3.26. The van der Waals surface area contributed by atoms with Crippen LogP contribution in [0, 0.1) is 0 Å². The predicted molar refractivity (Wildman–Crippen MR) is 89.3 cm³/mol. The zero-order chi connectivity index (χ0) is 18.0. The Bertz CT molecular complexity index is 484. The van der Waals surface area contributed by atoms with Gasteiger partial charge in [0.05, 0.1) is 0 Å². The molecule has 8 heteroatoms. The van der Waals surface area contributed by atoms with Crippen LogP contribution in [-0.2, 0) is 14.9 Å². The largest absolute Gasteiger partial charge is 0.443 e. The molecule has 0 unspecified atom stereocenters. The maximum atomic E-state index is 12.5. The molecule has 0 aliphatic rings. The fourth-order valence-corrected chi connectivity index (χ4v) is 2.97. The first-order chi connectivity index (χ1) is 9.43. The number of amides is 1. The van der Waals surface area contributed by atoms with Crippen molar-refractivity contribution in [3.8, 4) is 0 Å². The van der Waals surface area contributed by atoms with Crippen molar-refractivity contribution in [2.75, 3.05) is 6.54 Å². The summed E-state index contributed by atoms with van der Waals surface area (Å²) < 4.78 is 33.3. The Morgan fingerprint density at radius 2 is 1.55 bits per heavy atom. The van der Waals surface area contributed by atoms with E-state index in [9.17, 15) is 13.2 Å². The van der Waals surface area contributed by atoms with Crippen LogP contribution < -0.4 is 4.72 Å². The van der Waals surface area contributed by atoms with Crippen molar-refractivity contribution in [1.29, 1.82) is 0 Å². The van der Waals surface area contributed by atoms with E-state index in [-0.39, 0.29) is 6.54 Å². The fourth-order valence-electron chi connectivity index (χ4n) is 1.43. The highest BCUT2D eigenvalue weighted by molar-refractivity contribution is 7.87. The summed E-state index contributed by atoms with van der Waals surface area (Å²) in [4.78, 5) is 11.6. The zero-order valence-corrected chi connectivity index (χ0v) is 16.4. The number of hydrogen-bond donors (Lipinski definition) is 1. The van der Waals surface area contributed by atoms with E-state index in [0.717, 1.165) is 0 Å². The summed E-state index contributed by atoms with van der Waals surface area (Å²) in [6.07, 6.45) is -0.607. The number of ether oxygens (including phenoxy) is 1. The van der Waals surface area contributed by atoms with Gasteiger partial charge < -0.3 is 4.74 Å². The van der Waals surface area contributed by atoms with E-state index in [1.807, 2.05) is 0 Å². The molecule has 0 bridgehead atoms. The second-order valence-electron chi connectivity index (χ2n) is 7.88. The van der Waals surface area contributed by atoms with Crippen LogP contribution >= 0.6 is 11.6 Å². The molecular weight excluding hydrogens is 328 g/mol. The Morgan fingerprint density at radius 3 is 1.86 bits per heavy atom. The maximum absolute atomic E-state index is 12.5. The van der Waals surface area contributed by atoms with Gasteiger partial charge in [0, 0.05) is 17.0 Å². The van der Waals surface area contributed by atoms with Crippen LogP contribution in [0.25, 0.3) is 0 Å². The highest BCUT2D eigenvalue weighted by Gasteiger charge is 2.35. The molecule has 0 aromatic carbocycles. The molecule has 0 saturated heterocycles. The highest BCUT2D eigenvalue weighted by Crippen LogP contribution is 2.21. The molecule has 0 radical (unpaired) electrons. The minimum absolute atomic E-state index is 0.0587. The molecule has 0 fully saturated rings. The van der Waals surface area contributed by atoms with Gasteiger partial charge in [0.2, 0.25) is 0 Å². The number of nitrogens with zero attached hydrogens (tertiary/aromatic N) is 1. The first-order valence-corrected chi connectivity index (χ1v) is 8.98. The van der Waals surface area contributed by atoms with Crippen LogP contribution in [0.4, 0.5) is 4.79 Å². The molecule has 0 saturated carbocycles. The van der Waals surface area contributed by atoms with E-state index in [4.69, 9.17) is 16.3 Å². The Kier molecular flexibility index (Phi) is 6.76. The van der Waals surface area contributed by atoms with Gasteiger partial charge in [-0.25, -0.2) is 4.79 Å². The van der Waals surface area contributed by atoms with Crippen molar-refractivity contribution >= 4 is 27.9 Å². The van der Waals surface area contributed by atoms with E-state index in [2.05, 4.69) is 4.72 Å². The summed E-state index contributed by atoms with van der Waals surface area (Å²) >= 11 is 6.10. The minimum atomic E-state index is -4.02. The zero-order valence-electron chi connectivity index (χ0n) is 14.8. The summed E-state index contributed by atoms with van der Waals surface area (Å²) in [5, 5.41) is 0. The smallest absolute Gasteiger partial charge is 0.425 e. The Morgan fingerprint density at radius 1 is 1.09 bits per heavy atom. The molecule has 0 aromatic heterocycles. The lowest BCUT2D eigenvalue weighted by Crippen LogP contribution is -2.52. The van der Waals surface area contributed by atoms with Crippen LogP contribution in [0.15, 0.2) is 0 Å². The monoisotopic (exact) mass is 356 g/mol. The molecule has 0 aliphatic heterocycles. The van der Waals surface area contributed by atoms with Gasteiger partial charge >= 0.3 is 16.3 Å². The van der Waals surface area contributed by atoms with Crippen molar-refractivity contribution in [1.82, 2.24) is 9.03 Å². The number of carbonyl (C=O) groups is 1. The van der Waals surface area contributed by atoms with E-state index in [1.54, 1.807) is 55.4 Å². The van der Waals surface area contributed by atoms with Gasteiger partial charge in [-0.1, -0.05) is 0 Å². The molecule has 6 nitrogen and oxygen atoms in total. The molecule has 132 valence electrons. The standard InChI is InChI=1S/C14H29ClN2O4S/c1-12(2,3)16-22(19,20)17(10-9-14(7,8)15)11(18)21-13(4,5)6/h16H,9-10H2,1-8H3. The van der Waals surface area contributed by atoms with Gasteiger partial charge in [-0.15, -0.1) is 11.6 Å². The van der Waals surface area contributed by atoms with Gasteiger partial charge in [-0.2, -0.15) is 17.4 Å². The quantitative estimate of drug-likeness (QED) is 0.767. The number of halogens is 1. The molecule has 1 N–H and O–H groups in total. The van der Waals surface area contributed by atoms with Gasteiger partial charge in [0.25, 0.3) is 0 Å². The van der Waals surface area contributed by atoms with Gasteiger partial charge in [-0.05, 0) is 61.8 Å². The Balaban J connectivity index is 5.38. The van der Waals surface area contributed by atoms with Gasteiger partial charge in [0.1, 0.15) is 5.60 Å². The summed E-state index contributed by atoms with van der Waals surface area (Å²) in [6.45, 7) is 13.6. The first-order valence-electron chi connectivity index (χ1n) is 7.16. The van der Waals surface area contributed by atoms with Gasteiger partial charge in [0.15, 0.2) is 0 Å². The first kappa shape index (κ1) is 21.5. The van der Waals surface area contributed by atoms with E-state index in [0.29, 0.717) is 10.7 Å². The maximum Gasteiger partial charge on any atom is 0.425 e. The van der Waals surface area contributed by atoms with Crippen LogP contribution in [0.1, 0.15) is 61.8 Å². The van der Waals surface area contributed by atoms with Crippen LogP contribution in [0.2, 0.25) is 0 Å². The number of alkyl halides is 1. The van der Waals surface area contributed by atoms with Crippen LogP contribution in [0.5, 0.6) is 0 Å². The third kappa shape index (κ3) is 9.48. The number of hydrogen-bond acceptors (Lipinski definition) is 4. The summed E-state index contributed by atoms with van der Waals surface area (Å²) in [5.41, 5.74) is -1.50. The number of carbonyl (C=O) groups excluding carboxylic acids is 1. The molecule has 0 spiro atoms. The second-order valence-corrected chi connectivity index (χ2v) is 10.5. The second kappa shape index (κ2) is 6.93. The third-order valence-electron chi connectivity index (χ3n) is 2.23. The summed E-state index contributed by atoms with van der Waals surface area (Å²) in [7, 11) is -4.02. The lowest BCUT2D eigenvalue weighted by Gasteiger charge is -2.31. The van der Waals surface area contributed by atoms with Crippen molar-refractivity contribution < 1.29 is 17.9 Å². The topological polar surface area (TPSA) is 75.7 Å². The van der Waals surface area contributed by atoms with Crippen LogP contribution in [0.3, 0.4) is 0 Å². The van der Waals surface area contributed by atoms with Gasteiger partial charge in [-0.3, -0.25) is 0 Å². The van der Waals surface area contributed by atoms with E-state index < -0.39 is 32.3 Å². The Hall–Kier alpha value is -0.530. The van der Waals surface area contributed by atoms with Crippen molar-refractivity contribution in [2.45, 2.75) is 77.8 Å². The average Bonchev–Trinajstić information content (AvgIpc) is 2.06. The molecular formula is C14H29ClN2O4S. The molecule has 0 heterocycles. The third-order valence-corrected chi connectivity index (χ3v) is 4.20. The molecule has 0 aliphatic carbocycles. The normalized spacial score (nSPS) is 13.9. The fraction of sp³-hybridized carbons (Fsp3) is 0.929. The van der Waals surface area contributed by atoms with Crippen LogP contribution in [-0.4, -0.2) is 41.4 Å². The lowest BCUT2D eigenvalue weighted by molar-refractivity contribution is 0.0385. The van der Waals surface area contributed by atoms with Crippen molar-refractivity contribution in [3.63, 3.8) is 0 Å². The Labute approximate surface area is 139 Å². The summed E-state index contributed by atoms with van der Waals surface area (Å²) in [5.74, 6) is 0. The minimum Gasteiger partial charge on any atom is -0.443 e. The van der Waals surface area contributed by atoms with Crippen molar-refractivity contribution in [3.05, 3.63) is 0 Å². The molecule has 1 amide bonds. The molecule has 0 rings (SSSR count). The van der Waals surface area contributed by atoms with E-state index in [1.165, 1.54) is 0 Å². The van der Waals surface area contributed by atoms with E-state index >= 15 is 0 Å². The molecule has 22 heavy (non-hydrogen) atoms. The average molecular weight is 357 g/mol. The summed E-state index contributed by atoms with van der Waals surface area (Å²) in [6, 6.07) is 0. The lowest BCUT2D eigenvalue weighted by atomic mass is 10.1.